The number of rotatable bonds is 3. The molecule has 0 aromatic rings. The molecule has 2 nitrogen and oxygen atoms in total. The van der Waals surface area contributed by atoms with Crippen molar-refractivity contribution in [3.63, 3.8) is 0 Å². The van der Waals surface area contributed by atoms with Crippen LogP contribution in [0, 0.1) is 11.3 Å². The molecule has 1 unspecified atom stereocenters. The summed E-state index contributed by atoms with van der Waals surface area (Å²) in [6.45, 7) is 0. The summed E-state index contributed by atoms with van der Waals surface area (Å²) in [5.41, 5.74) is 0. The molecule has 0 aliphatic heterocycles. The van der Waals surface area contributed by atoms with Crippen LogP contribution in [0.3, 0.4) is 0 Å². The highest BCUT2D eigenvalue weighted by molar-refractivity contribution is 4.75. The molecule has 1 atom stereocenters. The number of hydrogen-bond acceptors (Lipinski definition) is 2. The third-order valence-electron chi connectivity index (χ3n) is 1.09. The number of alkyl halides is 3. The second-order valence-electron chi connectivity index (χ2n) is 2.17. The van der Waals surface area contributed by atoms with Crippen molar-refractivity contribution in [3.8, 4) is 6.07 Å². The van der Waals surface area contributed by atoms with Crippen molar-refractivity contribution in [3.05, 3.63) is 0 Å². The van der Waals surface area contributed by atoms with Gasteiger partial charge < -0.3 is 5.11 Å². The standard InChI is InChI=1S/C6H8F3NO/c7-6(8,9)3-1-5(11)2-4-10/h5,11H,1-3H2. The lowest BCUT2D eigenvalue weighted by molar-refractivity contribution is -0.139. The Morgan fingerprint density at radius 2 is 2.00 bits per heavy atom. The van der Waals surface area contributed by atoms with Gasteiger partial charge in [-0.05, 0) is 6.42 Å². The Labute approximate surface area is 62.2 Å². The van der Waals surface area contributed by atoms with Crippen LogP contribution in [-0.4, -0.2) is 17.4 Å². The summed E-state index contributed by atoms with van der Waals surface area (Å²) < 4.78 is 34.4. The van der Waals surface area contributed by atoms with Gasteiger partial charge in [-0.15, -0.1) is 0 Å². The van der Waals surface area contributed by atoms with Crippen molar-refractivity contribution in [1.29, 1.82) is 5.26 Å². The summed E-state index contributed by atoms with van der Waals surface area (Å²) in [5.74, 6) is 0. The molecule has 0 radical (unpaired) electrons. The van der Waals surface area contributed by atoms with Gasteiger partial charge in [-0.2, -0.15) is 18.4 Å². The fourth-order valence-electron chi connectivity index (χ4n) is 0.538. The first-order chi connectivity index (χ1) is 4.95. The molecule has 0 aliphatic rings. The Hall–Kier alpha value is -0.760. The number of aliphatic hydroxyl groups excluding tert-OH is 1. The Bertz CT molecular complexity index is 149. The molecule has 0 bridgehead atoms. The molecule has 0 aliphatic carbocycles. The molecule has 0 amide bonds. The zero-order chi connectivity index (χ0) is 8.91. The zero-order valence-electron chi connectivity index (χ0n) is 5.73. The smallest absolute Gasteiger partial charge is 0.389 e. The second-order valence-corrected chi connectivity index (χ2v) is 2.17. The lowest BCUT2D eigenvalue weighted by Gasteiger charge is -2.08. The number of aliphatic hydroxyl groups is 1. The third kappa shape index (κ3) is 7.13. The van der Waals surface area contributed by atoms with E-state index in [2.05, 4.69) is 0 Å². The molecule has 11 heavy (non-hydrogen) atoms. The molecule has 0 spiro atoms. The van der Waals surface area contributed by atoms with Gasteiger partial charge >= 0.3 is 6.18 Å². The zero-order valence-corrected chi connectivity index (χ0v) is 5.73. The van der Waals surface area contributed by atoms with Crippen LogP contribution in [0.25, 0.3) is 0 Å². The summed E-state index contributed by atoms with van der Waals surface area (Å²) in [7, 11) is 0. The van der Waals surface area contributed by atoms with Crippen molar-refractivity contribution >= 4 is 0 Å². The first-order valence-corrected chi connectivity index (χ1v) is 3.07. The van der Waals surface area contributed by atoms with Gasteiger partial charge in [0.25, 0.3) is 0 Å². The fraction of sp³-hybridized carbons (Fsp3) is 0.833. The summed E-state index contributed by atoms with van der Waals surface area (Å²) in [5, 5.41) is 16.7. The molecule has 0 aromatic carbocycles. The summed E-state index contributed by atoms with van der Waals surface area (Å²) >= 11 is 0. The van der Waals surface area contributed by atoms with Crippen molar-refractivity contribution in [2.75, 3.05) is 0 Å². The Kier molecular flexibility index (Phi) is 3.90. The fourth-order valence-corrected chi connectivity index (χ4v) is 0.538. The minimum atomic E-state index is -4.24. The lowest BCUT2D eigenvalue weighted by atomic mass is 10.1. The quantitative estimate of drug-likeness (QED) is 0.693. The maximum Gasteiger partial charge on any atom is 0.389 e. The van der Waals surface area contributed by atoms with E-state index < -0.39 is 25.1 Å². The highest BCUT2D eigenvalue weighted by Crippen LogP contribution is 2.22. The van der Waals surface area contributed by atoms with E-state index in [-0.39, 0.29) is 6.42 Å². The first kappa shape index (κ1) is 10.2. The van der Waals surface area contributed by atoms with Crippen LogP contribution in [0.4, 0.5) is 13.2 Å². The number of halogens is 3. The van der Waals surface area contributed by atoms with Gasteiger partial charge in [-0.1, -0.05) is 0 Å². The van der Waals surface area contributed by atoms with Gasteiger partial charge in [-0.3, -0.25) is 0 Å². The summed E-state index contributed by atoms with van der Waals surface area (Å²) in [6, 6.07) is 1.59. The normalized spacial score (nSPS) is 14.1. The topological polar surface area (TPSA) is 44.0 Å². The lowest BCUT2D eigenvalue weighted by Crippen LogP contribution is -2.13. The van der Waals surface area contributed by atoms with E-state index in [4.69, 9.17) is 10.4 Å². The van der Waals surface area contributed by atoms with Gasteiger partial charge in [-0.25, -0.2) is 0 Å². The maximum absolute atomic E-state index is 11.5. The molecule has 0 saturated carbocycles. The van der Waals surface area contributed by atoms with Gasteiger partial charge in [0, 0.05) is 6.42 Å². The van der Waals surface area contributed by atoms with E-state index >= 15 is 0 Å². The minimum Gasteiger partial charge on any atom is -0.392 e. The van der Waals surface area contributed by atoms with Crippen molar-refractivity contribution in [2.24, 2.45) is 0 Å². The molecule has 64 valence electrons. The Morgan fingerprint density at radius 1 is 1.45 bits per heavy atom. The minimum absolute atomic E-state index is 0.240. The van der Waals surface area contributed by atoms with Crippen LogP contribution in [-0.2, 0) is 0 Å². The van der Waals surface area contributed by atoms with E-state index in [1.165, 1.54) is 0 Å². The van der Waals surface area contributed by atoms with Crippen molar-refractivity contribution < 1.29 is 18.3 Å². The summed E-state index contributed by atoms with van der Waals surface area (Å²) in [6.07, 6.45) is -7.05. The van der Waals surface area contributed by atoms with Crippen LogP contribution < -0.4 is 0 Å². The van der Waals surface area contributed by atoms with E-state index in [0.29, 0.717) is 0 Å². The Morgan fingerprint density at radius 3 is 2.36 bits per heavy atom. The monoisotopic (exact) mass is 167 g/mol. The molecular weight excluding hydrogens is 159 g/mol. The van der Waals surface area contributed by atoms with Gasteiger partial charge in [0.2, 0.25) is 0 Å². The molecule has 5 heteroatoms. The molecular formula is C6H8F3NO. The molecule has 0 saturated heterocycles. The van der Waals surface area contributed by atoms with E-state index in [1.807, 2.05) is 0 Å². The maximum atomic E-state index is 11.5. The second kappa shape index (κ2) is 4.19. The largest absolute Gasteiger partial charge is 0.392 e. The highest BCUT2D eigenvalue weighted by atomic mass is 19.4. The van der Waals surface area contributed by atoms with Crippen LogP contribution >= 0.6 is 0 Å². The first-order valence-electron chi connectivity index (χ1n) is 3.07. The van der Waals surface area contributed by atoms with Crippen LogP contribution in [0.2, 0.25) is 0 Å². The average molecular weight is 167 g/mol. The molecule has 0 rings (SSSR count). The highest BCUT2D eigenvalue weighted by Gasteiger charge is 2.27. The average Bonchev–Trinajstić information content (AvgIpc) is 1.83. The predicted octanol–water partition coefficient (Wildman–Crippen LogP) is 1.60. The number of nitriles is 1. The van der Waals surface area contributed by atoms with Gasteiger partial charge in [0.05, 0.1) is 18.6 Å². The predicted molar refractivity (Wildman–Crippen MR) is 31.5 cm³/mol. The van der Waals surface area contributed by atoms with Crippen LogP contribution in [0.5, 0.6) is 0 Å². The SMILES string of the molecule is N#CCC(O)CCC(F)(F)F. The molecule has 0 fully saturated rings. The van der Waals surface area contributed by atoms with Crippen molar-refractivity contribution in [1.82, 2.24) is 0 Å². The van der Waals surface area contributed by atoms with Crippen LogP contribution in [0.15, 0.2) is 0 Å². The van der Waals surface area contributed by atoms with E-state index in [1.54, 1.807) is 6.07 Å². The van der Waals surface area contributed by atoms with E-state index in [9.17, 15) is 13.2 Å². The number of hydrogen-bond donors (Lipinski definition) is 1. The summed E-state index contributed by atoms with van der Waals surface area (Å²) in [4.78, 5) is 0. The number of nitrogens with zero attached hydrogens (tertiary/aromatic N) is 1. The molecule has 1 N–H and O–H groups in total. The van der Waals surface area contributed by atoms with Crippen LogP contribution in [0.1, 0.15) is 19.3 Å². The van der Waals surface area contributed by atoms with Gasteiger partial charge in [0.15, 0.2) is 0 Å². The van der Waals surface area contributed by atoms with Crippen molar-refractivity contribution in [2.45, 2.75) is 31.5 Å². The molecule has 0 heterocycles. The van der Waals surface area contributed by atoms with E-state index in [0.717, 1.165) is 0 Å². The third-order valence-corrected chi connectivity index (χ3v) is 1.09. The van der Waals surface area contributed by atoms with Gasteiger partial charge in [0.1, 0.15) is 0 Å². The Balaban J connectivity index is 3.48. The molecule has 0 aromatic heterocycles.